The molecule has 1 unspecified atom stereocenters. The lowest BCUT2D eigenvalue weighted by Crippen LogP contribution is -2.52. The maximum Gasteiger partial charge on any atom is 0.234 e. The first-order chi connectivity index (χ1) is 12.7. The smallest absolute Gasteiger partial charge is 0.234 e. The van der Waals surface area contributed by atoms with Gasteiger partial charge in [-0.25, -0.2) is 4.99 Å². The van der Waals surface area contributed by atoms with Crippen LogP contribution < -0.4 is 10.5 Å². The van der Waals surface area contributed by atoms with E-state index in [9.17, 15) is 10.1 Å². The Morgan fingerprint density at radius 3 is 2.70 bits per heavy atom. The fraction of sp³-hybridized carbons (Fsp3) is 0.350. The van der Waals surface area contributed by atoms with Gasteiger partial charge in [0.25, 0.3) is 0 Å². The SMILES string of the molecule is COc1cc(C#N)cc(-c2cc(C3(C)N=C(N)N(C)C(=O)[C@@H]3C)sc2C)c1. The monoisotopic (exact) mass is 382 g/mol. The highest BCUT2D eigenvalue weighted by atomic mass is 32.1. The number of aliphatic imine (C=N–C) groups is 1. The second-order valence-corrected chi connectivity index (χ2v) is 8.14. The molecule has 2 heterocycles. The molecule has 0 spiro atoms. The number of benzene rings is 1. The topological polar surface area (TPSA) is 91.7 Å². The zero-order chi connectivity index (χ0) is 19.9. The summed E-state index contributed by atoms with van der Waals surface area (Å²) >= 11 is 1.59. The first-order valence-corrected chi connectivity index (χ1v) is 9.36. The molecule has 140 valence electrons. The van der Waals surface area contributed by atoms with Gasteiger partial charge in [-0.3, -0.25) is 9.69 Å². The Kier molecular flexibility index (Phi) is 4.70. The maximum atomic E-state index is 12.6. The number of amides is 1. The molecule has 0 saturated carbocycles. The maximum absolute atomic E-state index is 12.6. The molecule has 1 aromatic carbocycles. The minimum absolute atomic E-state index is 0.0502. The third-order valence-electron chi connectivity index (χ3n) is 5.23. The van der Waals surface area contributed by atoms with Crippen molar-refractivity contribution in [2.45, 2.75) is 26.3 Å². The van der Waals surface area contributed by atoms with Crippen molar-refractivity contribution in [2.75, 3.05) is 14.2 Å². The lowest BCUT2D eigenvalue weighted by molar-refractivity contribution is -0.133. The van der Waals surface area contributed by atoms with Crippen molar-refractivity contribution < 1.29 is 9.53 Å². The van der Waals surface area contributed by atoms with E-state index >= 15 is 0 Å². The summed E-state index contributed by atoms with van der Waals surface area (Å²) in [5, 5.41) is 9.29. The van der Waals surface area contributed by atoms with E-state index in [1.54, 1.807) is 31.6 Å². The summed E-state index contributed by atoms with van der Waals surface area (Å²) < 4.78 is 5.32. The molecule has 2 aromatic rings. The summed E-state index contributed by atoms with van der Waals surface area (Å²) in [6.45, 7) is 5.84. The molecule has 0 saturated heterocycles. The minimum atomic E-state index is -0.724. The van der Waals surface area contributed by atoms with Gasteiger partial charge in [-0.1, -0.05) is 6.92 Å². The van der Waals surface area contributed by atoms with E-state index in [4.69, 9.17) is 10.5 Å². The first kappa shape index (κ1) is 18.9. The quantitative estimate of drug-likeness (QED) is 0.882. The number of nitrogens with two attached hydrogens (primary N) is 1. The van der Waals surface area contributed by atoms with E-state index in [1.807, 2.05) is 39.0 Å². The summed E-state index contributed by atoms with van der Waals surface area (Å²) in [6.07, 6.45) is 0. The molecule has 3 rings (SSSR count). The van der Waals surface area contributed by atoms with Crippen molar-refractivity contribution in [2.24, 2.45) is 16.6 Å². The average molecular weight is 382 g/mol. The Balaban J connectivity index is 2.13. The van der Waals surface area contributed by atoms with Gasteiger partial charge >= 0.3 is 0 Å². The third-order valence-corrected chi connectivity index (χ3v) is 6.51. The Hall–Kier alpha value is -2.85. The molecule has 0 fully saturated rings. The number of thiophene rings is 1. The van der Waals surface area contributed by atoms with Crippen molar-refractivity contribution in [1.29, 1.82) is 5.26 Å². The number of guanidine groups is 1. The number of nitriles is 1. The Labute approximate surface area is 162 Å². The van der Waals surface area contributed by atoms with Crippen LogP contribution in [0.15, 0.2) is 29.3 Å². The van der Waals surface area contributed by atoms with Gasteiger partial charge in [0, 0.05) is 16.8 Å². The highest BCUT2D eigenvalue weighted by Gasteiger charge is 2.44. The van der Waals surface area contributed by atoms with Gasteiger partial charge in [-0.05, 0) is 49.2 Å². The Bertz CT molecular complexity index is 988. The van der Waals surface area contributed by atoms with Crippen LogP contribution in [-0.2, 0) is 10.3 Å². The van der Waals surface area contributed by atoms with E-state index in [1.165, 1.54) is 4.90 Å². The molecule has 6 nitrogen and oxygen atoms in total. The Morgan fingerprint density at radius 2 is 2.07 bits per heavy atom. The minimum Gasteiger partial charge on any atom is -0.497 e. The molecule has 7 heteroatoms. The van der Waals surface area contributed by atoms with Gasteiger partial charge in [0.2, 0.25) is 5.91 Å². The Morgan fingerprint density at radius 1 is 1.37 bits per heavy atom. The molecule has 27 heavy (non-hydrogen) atoms. The molecule has 0 aliphatic carbocycles. The van der Waals surface area contributed by atoms with Crippen molar-refractivity contribution in [3.8, 4) is 22.9 Å². The molecule has 1 aromatic heterocycles. The predicted molar refractivity (Wildman–Crippen MR) is 107 cm³/mol. The number of rotatable bonds is 3. The van der Waals surface area contributed by atoms with Crippen LogP contribution in [0.3, 0.4) is 0 Å². The number of methoxy groups -OCH3 is 1. The number of aryl methyl sites for hydroxylation is 1. The summed E-state index contributed by atoms with van der Waals surface area (Å²) in [6, 6.07) is 9.66. The first-order valence-electron chi connectivity index (χ1n) is 8.54. The number of hydrogen-bond acceptors (Lipinski definition) is 6. The molecular formula is C20H22N4O2S. The fourth-order valence-corrected chi connectivity index (χ4v) is 4.50. The van der Waals surface area contributed by atoms with Gasteiger partial charge in [0.05, 0.1) is 24.7 Å². The van der Waals surface area contributed by atoms with Gasteiger partial charge in [-0.15, -0.1) is 11.3 Å². The van der Waals surface area contributed by atoms with Gasteiger partial charge in [0.15, 0.2) is 5.96 Å². The molecule has 1 amide bonds. The molecule has 1 aliphatic rings. The number of carbonyl (C=O) groups is 1. The fourth-order valence-electron chi connectivity index (χ4n) is 3.28. The number of hydrogen-bond donors (Lipinski definition) is 1. The van der Waals surface area contributed by atoms with Gasteiger partial charge < -0.3 is 10.5 Å². The molecule has 2 N–H and O–H groups in total. The van der Waals surface area contributed by atoms with E-state index < -0.39 is 5.54 Å². The van der Waals surface area contributed by atoms with Crippen molar-refractivity contribution in [3.05, 3.63) is 39.6 Å². The van der Waals surface area contributed by atoms with Crippen molar-refractivity contribution >= 4 is 23.2 Å². The van der Waals surface area contributed by atoms with Crippen LogP contribution in [0.2, 0.25) is 0 Å². The summed E-state index contributed by atoms with van der Waals surface area (Å²) in [7, 11) is 3.22. The normalized spacial score (nSPS) is 22.4. The zero-order valence-electron chi connectivity index (χ0n) is 16.0. The van der Waals surface area contributed by atoms with Crippen LogP contribution in [0.5, 0.6) is 5.75 Å². The van der Waals surface area contributed by atoms with Crippen LogP contribution in [0.1, 0.15) is 29.2 Å². The predicted octanol–water partition coefficient (Wildman–Crippen LogP) is 3.24. The second-order valence-electron chi connectivity index (χ2n) is 6.88. The van der Waals surface area contributed by atoms with Crippen molar-refractivity contribution in [1.82, 2.24) is 4.90 Å². The highest BCUT2D eigenvalue weighted by Crippen LogP contribution is 2.44. The van der Waals surface area contributed by atoms with E-state index in [-0.39, 0.29) is 17.8 Å². The van der Waals surface area contributed by atoms with Crippen LogP contribution in [0, 0.1) is 24.2 Å². The summed E-state index contributed by atoms with van der Waals surface area (Å²) in [5.41, 5.74) is 7.69. The largest absolute Gasteiger partial charge is 0.497 e. The standard InChI is InChI=1S/C20H22N4O2S/c1-11-18(25)24(4)19(22)23-20(11,3)17-9-16(12(2)27-17)14-6-13(10-21)7-15(8-14)26-5/h6-9,11H,1-5H3,(H2,22,23)/t11-,20?/m0/s1. The molecule has 0 bridgehead atoms. The van der Waals surface area contributed by atoms with E-state index in [2.05, 4.69) is 11.1 Å². The lowest BCUT2D eigenvalue weighted by Gasteiger charge is -2.37. The number of carbonyl (C=O) groups excluding carboxylic acids is 1. The van der Waals surface area contributed by atoms with Crippen LogP contribution in [-0.4, -0.2) is 30.9 Å². The summed E-state index contributed by atoms with van der Waals surface area (Å²) in [5.74, 6) is 0.472. The van der Waals surface area contributed by atoms with E-state index in [0.29, 0.717) is 11.3 Å². The molecule has 0 radical (unpaired) electrons. The van der Waals surface area contributed by atoms with Gasteiger partial charge in [0.1, 0.15) is 11.3 Å². The molecule has 2 atom stereocenters. The number of nitrogens with zero attached hydrogens (tertiary/aromatic N) is 3. The highest BCUT2D eigenvalue weighted by molar-refractivity contribution is 7.12. The van der Waals surface area contributed by atoms with Crippen LogP contribution in [0.25, 0.3) is 11.1 Å². The molecular weight excluding hydrogens is 360 g/mol. The number of ether oxygens (including phenoxy) is 1. The van der Waals surface area contributed by atoms with Crippen LogP contribution >= 0.6 is 11.3 Å². The lowest BCUT2D eigenvalue weighted by atomic mass is 9.83. The third kappa shape index (κ3) is 3.06. The second kappa shape index (κ2) is 6.71. The van der Waals surface area contributed by atoms with E-state index in [0.717, 1.165) is 20.9 Å². The van der Waals surface area contributed by atoms with Crippen molar-refractivity contribution in [3.63, 3.8) is 0 Å². The molecule has 1 aliphatic heterocycles. The zero-order valence-corrected chi connectivity index (χ0v) is 16.8. The average Bonchev–Trinajstić information content (AvgIpc) is 3.06. The summed E-state index contributed by atoms with van der Waals surface area (Å²) in [4.78, 5) is 20.7. The van der Waals surface area contributed by atoms with Crippen LogP contribution in [0.4, 0.5) is 0 Å². The van der Waals surface area contributed by atoms with Gasteiger partial charge in [-0.2, -0.15) is 5.26 Å².